The Morgan fingerprint density at radius 1 is 0.697 bits per heavy atom. The summed E-state index contributed by atoms with van der Waals surface area (Å²) in [6.45, 7) is 6.23. The Hall–Kier alpha value is -3.35. The number of anilines is 3. The Morgan fingerprint density at radius 2 is 1.30 bits per heavy atom. The molecule has 0 aromatic heterocycles. The fourth-order valence-electron chi connectivity index (χ4n) is 4.35. The van der Waals surface area contributed by atoms with Gasteiger partial charge in [-0.3, -0.25) is 4.79 Å². The van der Waals surface area contributed by atoms with Gasteiger partial charge in [0.2, 0.25) is 0 Å². The zero-order valence-electron chi connectivity index (χ0n) is 18.7. The quantitative estimate of drug-likeness (QED) is 0.638. The summed E-state index contributed by atoms with van der Waals surface area (Å²) in [5, 5.41) is 3.15. The summed E-state index contributed by atoms with van der Waals surface area (Å²) < 4.78 is 11.1. The highest BCUT2D eigenvalue weighted by Crippen LogP contribution is 2.32. The molecule has 2 saturated heterocycles. The second-order valence-corrected chi connectivity index (χ2v) is 8.30. The Labute approximate surface area is 194 Å². The molecule has 2 fully saturated rings. The van der Waals surface area contributed by atoms with Crippen LogP contribution in [0, 0.1) is 0 Å². The van der Waals surface area contributed by atoms with Gasteiger partial charge in [0.1, 0.15) is 0 Å². The van der Waals surface area contributed by atoms with Gasteiger partial charge in [0, 0.05) is 37.4 Å². The largest absolute Gasteiger partial charge is 0.378 e. The van der Waals surface area contributed by atoms with Crippen LogP contribution in [0.5, 0.6) is 0 Å². The number of carbonyl (C=O) groups is 1. The Bertz CT molecular complexity index is 1070. The normalized spacial score (nSPS) is 16.5. The summed E-state index contributed by atoms with van der Waals surface area (Å²) >= 11 is 0. The average molecular weight is 444 g/mol. The van der Waals surface area contributed by atoms with Crippen LogP contribution >= 0.6 is 0 Å². The summed E-state index contributed by atoms with van der Waals surface area (Å²) in [5.74, 6) is -0.108. The minimum Gasteiger partial charge on any atom is -0.378 e. The molecule has 170 valence electrons. The third-order valence-electron chi connectivity index (χ3n) is 6.21. The van der Waals surface area contributed by atoms with Crippen molar-refractivity contribution in [3.05, 3.63) is 78.4 Å². The van der Waals surface area contributed by atoms with E-state index in [-0.39, 0.29) is 5.91 Å². The molecule has 1 amide bonds. The minimum absolute atomic E-state index is 0.108. The molecule has 0 radical (unpaired) electrons. The molecule has 33 heavy (non-hydrogen) atoms. The molecule has 2 aliphatic rings. The maximum Gasteiger partial charge on any atom is 0.255 e. The van der Waals surface area contributed by atoms with Crippen molar-refractivity contribution in [2.24, 2.45) is 0 Å². The number of nitrogens with one attached hydrogen (secondary N) is 1. The Morgan fingerprint density at radius 3 is 1.97 bits per heavy atom. The lowest BCUT2D eigenvalue weighted by Crippen LogP contribution is -2.38. The molecule has 6 nitrogen and oxygen atoms in total. The number of amides is 1. The van der Waals surface area contributed by atoms with Crippen LogP contribution in [0.1, 0.15) is 10.4 Å². The number of hydrogen-bond acceptors (Lipinski definition) is 5. The number of rotatable bonds is 5. The van der Waals surface area contributed by atoms with E-state index in [9.17, 15) is 4.79 Å². The molecular formula is C27H29N3O3. The Balaban J connectivity index is 1.37. The first-order valence-corrected chi connectivity index (χ1v) is 11.5. The molecule has 5 rings (SSSR count). The second-order valence-electron chi connectivity index (χ2n) is 8.30. The minimum atomic E-state index is -0.108. The van der Waals surface area contributed by atoms with Gasteiger partial charge in [0.15, 0.2) is 0 Å². The van der Waals surface area contributed by atoms with E-state index in [1.165, 1.54) is 0 Å². The molecule has 1 N–H and O–H groups in total. The summed E-state index contributed by atoms with van der Waals surface area (Å²) in [6, 6.07) is 24.2. The van der Waals surface area contributed by atoms with Gasteiger partial charge in [0.25, 0.3) is 5.91 Å². The van der Waals surface area contributed by atoms with Crippen LogP contribution in [0.4, 0.5) is 17.1 Å². The van der Waals surface area contributed by atoms with E-state index in [4.69, 9.17) is 9.47 Å². The molecule has 0 aliphatic carbocycles. The van der Waals surface area contributed by atoms with Crippen LogP contribution in [0.25, 0.3) is 11.1 Å². The van der Waals surface area contributed by atoms with Crippen molar-refractivity contribution < 1.29 is 14.3 Å². The van der Waals surface area contributed by atoms with E-state index in [1.807, 2.05) is 48.5 Å². The van der Waals surface area contributed by atoms with Crippen LogP contribution in [-0.4, -0.2) is 58.5 Å². The van der Waals surface area contributed by atoms with Crippen LogP contribution in [0.2, 0.25) is 0 Å². The van der Waals surface area contributed by atoms with Gasteiger partial charge < -0.3 is 24.6 Å². The average Bonchev–Trinajstić information content (AvgIpc) is 2.90. The number of morpholine rings is 2. The number of hydrogen-bond donors (Lipinski definition) is 1. The summed E-state index contributed by atoms with van der Waals surface area (Å²) in [6.07, 6.45) is 0. The van der Waals surface area contributed by atoms with Crippen LogP contribution < -0.4 is 15.1 Å². The highest BCUT2D eigenvalue weighted by Gasteiger charge is 2.20. The van der Waals surface area contributed by atoms with Crippen LogP contribution in [0.3, 0.4) is 0 Å². The van der Waals surface area contributed by atoms with Gasteiger partial charge in [-0.2, -0.15) is 0 Å². The third kappa shape index (κ3) is 5.02. The standard InChI is InChI=1S/C27H29N3O3/c31-27(23-8-6-22(7-9-23)21-4-2-1-3-5-21)28-25-11-10-24(29-12-16-32-17-13-29)20-26(25)30-14-18-33-19-15-30/h1-11,20H,12-19H2,(H,28,31). The van der Waals surface area contributed by atoms with Gasteiger partial charge in [-0.15, -0.1) is 0 Å². The molecule has 2 heterocycles. The molecule has 0 bridgehead atoms. The monoisotopic (exact) mass is 443 g/mol. The van der Waals surface area contributed by atoms with Gasteiger partial charge in [0.05, 0.1) is 37.8 Å². The second kappa shape index (κ2) is 10.1. The van der Waals surface area contributed by atoms with Gasteiger partial charge in [-0.1, -0.05) is 42.5 Å². The van der Waals surface area contributed by atoms with Crippen molar-refractivity contribution in [3.8, 4) is 11.1 Å². The zero-order valence-corrected chi connectivity index (χ0v) is 18.7. The lowest BCUT2D eigenvalue weighted by molar-refractivity contribution is 0.102. The lowest BCUT2D eigenvalue weighted by atomic mass is 10.0. The predicted octanol–water partition coefficient (Wildman–Crippen LogP) is 4.28. The predicted molar refractivity (Wildman–Crippen MR) is 132 cm³/mol. The number of nitrogens with zero attached hydrogens (tertiary/aromatic N) is 2. The fraction of sp³-hybridized carbons (Fsp3) is 0.296. The topological polar surface area (TPSA) is 54.0 Å². The van der Waals surface area contributed by atoms with Crippen molar-refractivity contribution in [2.45, 2.75) is 0 Å². The van der Waals surface area contributed by atoms with E-state index < -0.39 is 0 Å². The van der Waals surface area contributed by atoms with Crippen molar-refractivity contribution in [1.29, 1.82) is 0 Å². The zero-order chi connectivity index (χ0) is 22.5. The van der Waals surface area contributed by atoms with Crippen LogP contribution in [-0.2, 0) is 9.47 Å². The molecule has 2 aliphatic heterocycles. The number of carbonyl (C=O) groups excluding carboxylic acids is 1. The van der Waals surface area contributed by atoms with Gasteiger partial charge >= 0.3 is 0 Å². The molecule has 0 spiro atoms. The molecule has 3 aromatic carbocycles. The molecular weight excluding hydrogens is 414 g/mol. The molecule has 0 unspecified atom stereocenters. The van der Waals surface area contributed by atoms with E-state index in [1.54, 1.807) is 0 Å². The van der Waals surface area contributed by atoms with E-state index in [0.717, 1.165) is 67.6 Å². The fourth-order valence-corrected chi connectivity index (χ4v) is 4.35. The van der Waals surface area contributed by atoms with Crippen molar-refractivity contribution >= 4 is 23.0 Å². The van der Waals surface area contributed by atoms with Crippen molar-refractivity contribution in [2.75, 3.05) is 67.7 Å². The summed E-state index contributed by atoms with van der Waals surface area (Å²) in [7, 11) is 0. The smallest absolute Gasteiger partial charge is 0.255 e. The summed E-state index contributed by atoms with van der Waals surface area (Å²) in [4.78, 5) is 17.7. The third-order valence-corrected chi connectivity index (χ3v) is 6.21. The first-order chi connectivity index (χ1) is 16.3. The van der Waals surface area contributed by atoms with Gasteiger partial charge in [-0.05, 0) is 41.5 Å². The van der Waals surface area contributed by atoms with E-state index in [0.29, 0.717) is 18.8 Å². The van der Waals surface area contributed by atoms with E-state index in [2.05, 4.69) is 39.4 Å². The Kier molecular flexibility index (Phi) is 6.56. The first-order valence-electron chi connectivity index (χ1n) is 11.5. The maximum absolute atomic E-state index is 13.1. The number of benzene rings is 3. The lowest BCUT2D eigenvalue weighted by Gasteiger charge is -2.33. The molecule has 6 heteroatoms. The summed E-state index contributed by atoms with van der Waals surface area (Å²) in [5.41, 5.74) is 5.89. The van der Waals surface area contributed by atoms with Crippen LogP contribution in [0.15, 0.2) is 72.8 Å². The number of ether oxygens (including phenoxy) is 2. The van der Waals surface area contributed by atoms with E-state index >= 15 is 0 Å². The molecule has 0 atom stereocenters. The van der Waals surface area contributed by atoms with Crippen molar-refractivity contribution in [3.63, 3.8) is 0 Å². The highest BCUT2D eigenvalue weighted by atomic mass is 16.5. The maximum atomic E-state index is 13.1. The molecule has 3 aromatic rings. The SMILES string of the molecule is O=C(Nc1ccc(N2CCOCC2)cc1N1CCOCC1)c1ccc(-c2ccccc2)cc1. The van der Waals surface area contributed by atoms with Gasteiger partial charge in [-0.25, -0.2) is 0 Å². The highest BCUT2D eigenvalue weighted by molar-refractivity contribution is 6.06. The first kappa shape index (κ1) is 21.5. The molecule has 0 saturated carbocycles. The van der Waals surface area contributed by atoms with Crippen molar-refractivity contribution in [1.82, 2.24) is 0 Å².